The number of carbonyl (C=O) groups is 1. The smallest absolute Gasteiger partial charge is 0.337 e. The third-order valence-corrected chi connectivity index (χ3v) is 3.11. The first-order valence-corrected chi connectivity index (χ1v) is 6.35. The van der Waals surface area contributed by atoms with E-state index >= 15 is 0 Å². The molecule has 0 atom stereocenters. The molecule has 0 radical (unpaired) electrons. The summed E-state index contributed by atoms with van der Waals surface area (Å²) in [5, 5.41) is 14.0. The van der Waals surface area contributed by atoms with Gasteiger partial charge in [0.2, 0.25) is 0 Å². The van der Waals surface area contributed by atoms with Crippen molar-refractivity contribution in [2.75, 3.05) is 17.6 Å². The Labute approximate surface area is 108 Å². The van der Waals surface area contributed by atoms with Crippen LogP contribution in [-0.2, 0) is 6.42 Å². The van der Waals surface area contributed by atoms with Crippen LogP contribution in [0.1, 0.15) is 16.1 Å². The third kappa shape index (κ3) is 2.98. The Hall–Kier alpha value is -2.08. The van der Waals surface area contributed by atoms with Crippen molar-refractivity contribution in [2.24, 2.45) is 0 Å². The van der Waals surface area contributed by atoms with Crippen LogP contribution < -0.4 is 11.1 Å². The maximum absolute atomic E-state index is 10.8. The molecule has 2 rings (SSSR count). The van der Waals surface area contributed by atoms with Gasteiger partial charge in [-0.25, -0.2) is 9.78 Å². The SMILES string of the molecule is Nc1cc(NCCc2cscn2)ccc1C(=O)O. The standard InChI is InChI=1S/C12H13N3O2S/c13-11-5-8(1-2-10(11)12(16)17)14-4-3-9-6-18-7-15-9/h1-2,5-7,14H,3-4,13H2,(H,16,17). The number of hydrogen-bond acceptors (Lipinski definition) is 5. The molecule has 0 unspecified atom stereocenters. The number of rotatable bonds is 5. The molecule has 18 heavy (non-hydrogen) atoms. The topological polar surface area (TPSA) is 88.2 Å². The molecule has 0 aliphatic carbocycles. The highest BCUT2D eigenvalue weighted by Gasteiger charge is 2.07. The van der Waals surface area contributed by atoms with E-state index in [0.29, 0.717) is 0 Å². The Morgan fingerprint density at radius 2 is 2.33 bits per heavy atom. The fraction of sp³-hybridized carbons (Fsp3) is 0.167. The molecule has 0 amide bonds. The van der Waals surface area contributed by atoms with Crippen LogP contribution >= 0.6 is 11.3 Å². The number of carboxylic acid groups (broad SMARTS) is 1. The fourth-order valence-corrected chi connectivity index (χ4v) is 2.16. The van der Waals surface area contributed by atoms with Crippen molar-refractivity contribution in [3.63, 3.8) is 0 Å². The second kappa shape index (κ2) is 5.50. The Kier molecular flexibility index (Phi) is 3.78. The van der Waals surface area contributed by atoms with Crippen molar-refractivity contribution in [1.82, 2.24) is 4.98 Å². The zero-order chi connectivity index (χ0) is 13.0. The fourth-order valence-electron chi connectivity index (χ4n) is 1.56. The van der Waals surface area contributed by atoms with Gasteiger partial charge < -0.3 is 16.2 Å². The number of anilines is 2. The highest BCUT2D eigenvalue weighted by molar-refractivity contribution is 7.07. The molecule has 1 aromatic heterocycles. The van der Waals surface area contributed by atoms with E-state index in [2.05, 4.69) is 10.3 Å². The van der Waals surface area contributed by atoms with E-state index in [0.717, 1.165) is 24.3 Å². The second-order valence-corrected chi connectivity index (χ2v) is 4.48. The van der Waals surface area contributed by atoms with Crippen LogP contribution in [0, 0.1) is 0 Å². The first kappa shape index (κ1) is 12.4. The largest absolute Gasteiger partial charge is 0.478 e. The van der Waals surface area contributed by atoms with E-state index in [4.69, 9.17) is 10.8 Å². The van der Waals surface area contributed by atoms with Gasteiger partial charge >= 0.3 is 5.97 Å². The Balaban J connectivity index is 1.94. The van der Waals surface area contributed by atoms with Crippen molar-refractivity contribution in [3.8, 4) is 0 Å². The Morgan fingerprint density at radius 3 is 2.94 bits per heavy atom. The molecule has 1 aromatic carbocycles. The minimum Gasteiger partial charge on any atom is -0.478 e. The van der Waals surface area contributed by atoms with Crippen molar-refractivity contribution >= 4 is 28.7 Å². The lowest BCUT2D eigenvalue weighted by molar-refractivity contribution is 0.0698. The molecule has 0 aliphatic heterocycles. The van der Waals surface area contributed by atoms with Gasteiger partial charge in [-0.2, -0.15) is 0 Å². The van der Waals surface area contributed by atoms with Gasteiger partial charge in [-0.05, 0) is 18.2 Å². The summed E-state index contributed by atoms with van der Waals surface area (Å²) >= 11 is 1.57. The van der Waals surface area contributed by atoms with Gasteiger partial charge in [0.1, 0.15) is 0 Å². The van der Waals surface area contributed by atoms with Crippen LogP contribution in [0.2, 0.25) is 0 Å². The average molecular weight is 263 g/mol. The minimum absolute atomic E-state index is 0.125. The average Bonchev–Trinajstić information content (AvgIpc) is 2.81. The lowest BCUT2D eigenvalue weighted by Crippen LogP contribution is -2.07. The lowest BCUT2D eigenvalue weighted by Gasteiger charge is -2.07. The van der Waals surface area contributed by atoms with E-state index in [-0.39, 0.29) is 11.3 Å². The first-order valence-electron chi connectivity index (χ1n) is 5.40. The van der Waals surface area contributed by atoms with E-state index in [9.17, 15) is 4.79 Å². The lowest BCUT2D eigenvalue weighted by atomic mass is 10.1. The number of thiazole rings is 1. The summed E-state index contributed by atoms with van der Waals surface area (Å²) in [4.78, 5) is 15.0. The van der Waals surface area contributed by atoms with Crippen LogP contribution in [0.5, 0.6) is 0 Å². The highest BCUT2D eigenvalue weighted by atomic mass is 32.1. The zero-order valence-electron chi connectivity index (χ0n) is 9.59. The number of hydrogen-bond donors (Lipinski definition) is 3. The third-order valence-electron chi connectivity index (χ3n) is 2.48. The molecule has 0 aliphatic rings. The van der Waals surface area contributed by atoms with E-state index < -0.39 is 5.97 Å². The normalized spacial score (nSPS) is 10.2. The summed E-state index contributed by atoms with van der Waals surface area (Å²) < 4.78 is 0. The number of nitrogens with zero attached hydrogens (tertiary/aromatic N) is 1. The molecule has 4 N–H and O–H groups in total. The molecule has 5 nitrogen and oxygen atoms in total. The van der Waals surface area contributed by atoms with Gasteiger partial charge in [-0.3, -0.25) is 0 Å². The van der Waals surface area contributed by atoms with Crippen molar-refractivity contribution in [1.29, 1.82) is 0 Å². The number of carboxylic acids is 1. The molecule has 1 heterocycles. The first-order chi connectivity index (χ1) is 8.66. The highest BCUT2D eigenvalue weighted by Crippen LogP contribution is 2.18. The summed E-state index contributed by atoms with van der Waals surface area (Å²) in [6.45, 7) is 0.732. The predicted molar refractivity (Wildman–Crippen MR) is 72.1 cm³/mol. The molecule has 2 aromatic rings. The number of benzene rings is 1. The maximum atomic E-state index is 10.8. The van der Waals surface area contributed by atoms with Gasteiger partial charge in [-0.1, -0.05) is 0 Å². The van der Waals surface area contributed by atoms with Crippen molar-refractivity contribution in [3.05, 3.63) is 40.3 Å². The van der Waals surface area contributed by atoms with Crippen LogP contribution in [0.25, 0.3) is 0 Å². The molecule has 94 valence electrons. The quantitative estimate of drug-likeness (QED) is 0.719. The van der Waals surface area contributed by atoms with Crippen LogP contribution in [0.4, 0.5) is 11.4 Å². The van der Waals surface area contributed by atoms with Crippen LogP contribution in [0.15, 0.2) is 29.1 Å². The van der Waals surface area contributed by atoms with E-state index in [1.54, 1.807) is 29.0 Å². The van der Waals surface area contributed by atoms with Crippen molar-refractivity contribution < 1.29 is 9.90 Å². The summed E-state index contributed by atoms with van der Waals surface area (Å²) in [7, 11) is 0. The number of aromatic nitrogens is 1. The van der Waals surface area contributed by atoms with Crippen LogP contribution in [0.3, 0.4) is 0 Å². The predicted octanol–water partition coefficient (Wildman–Crippen LogP) is 2.08. The van der Waals surface area contributed by atoms with Gasteiger partial charge in [0, 0.05) is 29.7 Å². The van der Waals surface area contributed by atoms with Crippen molar-refractivity contribution in [2.45, 2.75) is 6.42 Å². The maximum Gasteiger partial charge on any atom is 0.337 e. The number of nitrogens with two attached hydrogens (primary N) is 1. The van der Waals surface area contributed by atoms with Gasteiger partial charge in [0.25, 0.3) is 0 Å². The molecular weight excluding hydrogens is 250 g/mol. The zero-order valence-corrected chi connectivity index (χ0v) is 10.4. The number of nitrogen functional groups attached to an aromatic ring is 1. The summed E-state index contributed by atoms with van der Waals surface area (Å²) in [6.07, 6.45) is 0.823. The molecule has 0 saturated heterocycles. The van der Waals surface area contributed by atoms with Crippen LogP contribution in [-0.4, -0.2) is 22.6 Å². The molecule has 0 saturated carbocycles. The van der Waals surface area contributed by atoms with Gasteiger partial charge in [-0.15, -0.1) is 11.3 Å². The van der Waals surface area contributed by atoms with E-state index in [1.165, 1.54) is 6.07 Å². The molecule has 0 spiro atoms. The number of nitrogens with one attached hydrogen (secondary N) is 1. The summed E-state index contributed by atoms with van der Waals surface area (Å²) in [6, 6.07) is 4.84. The monoisotopic (exact) mass is 263 g/mol. The second-order valence-electron chi connectivity index (χ2n) is 3.76. The minimum atomic E-state index is -1.01. The Bertz CT molecular complexity index is 540. The number of aromatic carboxylic acids is 1. The summed E-state index contributed by atoms with van der Waals surface area (Å²) in [5.41, 5.74) is 9.70. The molecular formula is C12H13N3O2S. The molecule has 0 fully saturated rings. The van der Waals surface area contributed by atoms with E-state index in [1.807, 2.05) is 5.38 Å². The Morgan fingerprint density at radius 1 is 1.50 bits per heavy atom. The van der Waals surface area contributed by atoms with Gasteiger partial charge in [0.15, 0.2) is 0 Å². The molecule has 0 bridgehead atoms. The summed E-state index contributed by atoms with van der Waals surface area (Å²) in [5.74, 6) is -1.01. The van der Waals surface area contributed by atoms with Gasteiger partial charge in [0.05, 0.1) is 16.8 Å². The molecule has 6 heteroatoms.